The number of halogens is 1. The average Bonchev–Trinajstić information content (AvgIpc) is 3.45. The number of furan rings is 1. The van der Waals surface area contributed by atoms with Gasteiger partial charge in [-0.05, 0) is 59.6 Å². The van der Waals surface area contributed by atoms with E-state index < -0.39 is 0 Å². The molecule has 1 N–H and O–H groups in total. The minimum atomic E-state index is -0.167. The van der Waals surface area contributed by atoms with Crippen LogP contribution in [-0.2, 0) is 11.3 Å². The second-order valence-electron chi connectivity index (χ2n) is 5.93. The standard InChI is InChI=1S/C20H14ClN3O3S2/c21-14-5-6-17(25)13(9-14)11-22-23-20-24(12-15-3-1-7-27-15)19(26)18(29-20)10-16-4-2-8-28-16/h1-11,25H,12H2/b18-10-,22-11+,23-20-. The van der Waals surface area contributed by atoms with Crippen LogP contribution in [0.15, 0.2) is 73.6 Å². The Balaban J connectivity index is 1.62. The van der Waals surface area contributed by atoms with Crippen LogP contribution in [0, 0.1) is 0 Å². The van der Waals surface area contributed by atoms with Gasteiger partial charge in [-0.15, -0.1) is 16.4 Å². The minimum absolute atomic E-state index is 0.0409. The van der Waals surface area contributed by atoms with E-state index in [1.807, 2.05) is 23.6 Å². The lowest BCUT2D eigenvalue weighted by molar-refractivity contribution is -0.122. The summed E-state index contributed by atoms with van der Waals surface area (Å²) in [5.74, 6) is 0.513. The number of carbonyl (C=O) groups is 1. The van der Waals surface area contributed by atoms with Gasteiger partial charge in [0.1, 0.15) is 11.5 Å². The molecule has 146 valence electrons. The van der Waals surface area contributed by atoms with Crippen LogP contribution < -0.4 is 0 Å². The maximum atomic E-state index is 12.9. The van der Waals surface area contributed by atoms with E-state index >= 15 is 0 Å². The van der Waals surface area contributed by atoms with Crippen molar-refractivity contribution in [2.24, 2.45) is 10.2 Å². The highest BCUT2D eigenvalue weighted by atomic mass is 35.5. The van der Waals surface area contributed by atoms with Crippen molar-refractivity contribution in [1.82, 2.24) is 4.90 Å². The first-order valence-corrected chi connectivity index (χ1v) is 10.5. The summed E-state index contributed by atoms with van der Waals surface area (Å²) in [6.07, 6.45) is 4.79. The van der Waals surface area contributed by atoms with Gasteiger partial charge in [0.05, 0.1) is 23.9 Å². The molecule has 1 aromatic carbocycles. The summed E-state index contributed by atoms with van der Waals surface area (Å²) < 4.78 is 5.37. The first-order chi connectivity index (χ1) is 14.1. The van der Waals surface area contributed by atoms with Crippen molar-refractivity contribution in [1.29, 1.82) is 0 Å². The number of aromatic hydroxyl groups is 1. The molecule has 0 spiro atoms. The van der Waals surface area contributed by atoms with E-state index in [2.05, 4.69) is 10.2 Å². The molecule has 9 heteroatoms. The Labute approximate surface area is 179 Å². The monoisotopic (exact) mass is 443 g/mol. The Bertz CT molecular complexity index is 1110. The fraction of sp³-hybridized carbons (Fsp3) is 0.0500. The van der Waals surface area contributed by atoms with Crippen molar-refractivity contribution in [2.75, 3.05) is 0 Å². The van der Waals surface area contributed by atoms with Gasteiger partial charge < -0.3 is 9.52 Å². The Hall–Kier alpha value is -2.81. The van der Waals surface area contributed by atoms with E-state index in [0.717, 1.165) is 4.88 Å². The van der Waals surface area contributed by atoms with Crippen LogP contribution in [0.2, 0.25) is 5.02 Å². The largest absolute Gasteiger partial charge is 0.507 e. The van der Waals surface area contributed by atoms with E-state index in [0.29, 0.717) is 26.4 Å². The first kappa shape index (κ1) is 19.5. The van der Waals surface area contributed by atoms with Gasteiger partial charge in [0.25, 0.3) is 5.91 Å². The van der Waals surface area contributed by atoms with Crippen LogP contribution in [0.25, 0.3) is 6.08 Å². The predicted octanol–water partition coefficient (Wildman–Crippen LogP) is 5.21. The van der Waals surface area contributed by atoms with Gasteiger partial charge in [0.2, 0.25) is 0 Å². The molecule has 1 aliphatic heterocycles. The predicted molar refractivity (Wildman–Crippen MR) is 117 cm³/mol. The SMILES string of the molecule is O=C1/C(=C/c2cccs2)S/C(=N\N=C\c2cc(Cl)ccc2O)N1Cc1ccco1. The molecule has 0 bridgehead atoms. The second kappa shape index (κ2) is 8.69. The van der Waals surface area contributed by atoms with Crippen molar-refractivity contribution >= 4 is 58.1 Å². The van der Waals surface area contributed by atoms with Crippen molar-refractivity contribution in [2.45, 2.75) is 6.54 Å². The highest BCUT2D eigenvalue weighted by molar-refractivity contribution is 8.18. The maximum Gasteiger partial charge on any atom is 0.267 e. The van der Waals surface area contributed by atoms with Crippen molar-refractivity contribution in [3.63, 3.8) is 0 Å². The van der Waals surface area contributed by atoms with Gasteiger partial charge in [-0.25, -0.2) is 0 Å². The molecule has 1 saturated heterocycles. The molecule has 29 heavy (non-hydrogen) atoms. The summed E-state index contributed by atoms with van der Waals surface area (Å²) in [4.78, 5) is 16.0. The number of rotatable bonds is 5. The number of benzene rings is 1. The molecule has 3 heterocycles. The van der Waals surface area contributed by atoms with Gasteiger partial charge in [0.15, 0.2) is 5.17 Å². The molecule has 6 nitrogen and oxygen atoms in total. The Morgan fingerprint density at radius 3 is 2.90 bits per heavy atom. The zero-order chi connectivity index (χ0) is 20.2. The summed E-state index contributed by atoms with van der Waals surface area (Å²) in [5, 5.41) is 21.0. The van der Waals surface area contributed by atoms with Gasteiger partial charge >= 0.3 is 0 Å². The molecule has 1 fully saturated rings. The number of hydrogen-bond acceptors (Lipinski definition) is 7. The summed E-state index contributed by atoms with van der Waals surface area (Å²) in [6.45, 7) is 0.247. The van der Waals surface area contributed by atoms with Gasteiger partial charge in [0, 0.05) is 15.5 Å². The molecule has 0 unspecified atom stereocenters. The zero-order valence-corrected chi connectivity index (χ0v) is 17.2. The van der Waals surface area contributed by atoms with Crippen LogP contribution in [0.1, 0.15) is 16.2 Å². The van der Waals surface area contributed by atoms with Gasteiger partial charge in [-0.3, -0.25) is 9.69 Å². The van der Waals surface area contributed by atoms with Gasteiger partial charge in [-0.2, -0.15) is 5.10 Å². The van der Waals surface area contributed by atoms with E-state index in [9.17, 15) is 9.90 Å². The summed E-state index contributed by atoms with van der Waals surface area (Å²) in [6, 6.07) is 12.1. The molecule has 0 aliphatic carbocycles. The smallest absolute Gasteiger partial charge is 0.267 e. The molecular formula is C20H14ClN3O3S2. The van der Waals surface area contributed by atoms with E-state index in [1.165, 1.54) is 28.9 Å². The number of nitrogens with zero attached hydrogens (tertiary/aromatic N) is 3. The van der Waals surface area contributed by atoms with Crippen molar-refractivity contribution in [3.05, 3.63) is 80.2 Å². The third-order valence-corrected chi connectivity index (χ3v) is 5.98. The topological polar surface area (TPSA) is 78.4 Å². The molecule has 2 aromatic heterocycles. The van der Waals surface area contributed by atoms with Gasteiger partial charge in [-0.1, -0.05) is 17.7 Å². The lowest BCUT2D eigenvalue weighted by Crippen LogP contribution is -2.28. The van der Waals surface area contributed by atoms with E-state index in [-0.39, 0.29) is 18.2 Å². The fourth-order valence-electron chi connectivity index (χ4n) is 2.55. The zero-order valence-electron chi connectivity index (χ0n) is 14.9. The number of amidine groups is 1. The molecular weight excluding hydrogens is 430 g/mol. The molecule has 4 rings (SSSR count). The van der Waals surface area contributed by atoms with Crippen molar-refractivity contribution < 1.29 is 14.3 Å². The molecule has 3 aromatic rings. The molecule has 1 aliphatic rings. The van der Waals surface area contributed by atoms with Crippen LogP contribution >= 0.6 is 34.7 Å². The third-order valence-electron chi connectivity index (χ3n) is 3.93. The quantitative estimate of drug-likeness (QED) is 0.333. The van der Waals surface area contributed by atoms with Crippen LogP contribution in [0.4, 0.5) is 0 Å². The normalized spacial score (nSPS) is 17.3. The van der Waals surface area contributed by atoms with E-state index in [4.69, 9.17) is 16.0 Å². The second-order valence-corrected chi connectivity index (χ2v) is 8.35. The van der Waals surface area contributed by atoms with Crippen LogP contribution in [-0.4, -0.2) is 27.3 Å². The number of amides is 1. The fourth-order valence-corrected chi connectivity index (χ4v) is 4.39. The van der Waals surface area contributed by atoms with Crippen molar-refractivity contribution in [3.8, 4) is 5.75 Å². The molecule has 0 saturated carbocycles. The lowest BCUT2D eigenvalue weighted by Gasteiger charge is -2.12. The summed E-state index contributed by atoms with van der Waals surface area (Å²) in [5.41, 5.74) is 0.433. The summed E-state index contributed by atoms with van der Waals surface area (Å²) >= 11 is 8.74. The number of carbonyl (C=O) groups excluding carboxylic acids is 1. The van der Waals surface area contributed by atoms with Crippen LogP contribution in [0.3, 0.4) is 0 Å². The maximum absolute atomic E-state index is 12.9. The number of thioether (sulfide) groups is 1. The number of phenols is 1. The number of thiophene rings is 1. The molecule has 0 atom stereocenters. The number of hydrogen-bond donors (Lipinski definition) is 1. The summed E-state index contributed by atoms with van der Waals surface area (Å²) in [7, 11) is 0. The molecule has 0 radical (unpaired) electrons. The highest BCUT2D eigenvalue weighted by Gasteiger charge is 2.34. The highest BCUT2D eigenvalue weighted by Crippen LogP contribution is 2.34. The Kier molecular flexibility index (Phi) is 5.84. The Morgan fingerprint density at radius 2 is 2.14 bits per heavy atom. The number of phenolic OH excluding ortho intramolecular Hbond substituents is 1. The first-order valence-electron chi connectivity index (χ1n) is 8.47. The molecule has 1 amide bonds. The van der Waals surface area contributed by atoms with Crippen LogP contribution in [0.5, 0.6) is 5.75 Å². The third kappa shape index (κ3) is 4.61. The Morgan fingerprint density at radius 1 is 1.24 bits per heavy atom. The lowest BCUT2D eigenvalue weighted by atomic mass is 10.2. The van der Waals surface area contributed by atoms with E-state index in [1.54, 1.807) is 41.9 Å². The average molecular weight is 444 g/mol. The minimum Gasteiger partial charge on any atom is -0.507 e.